The summed E-state index contributed by atoms with van der Waals surface area (Å²) in [4.78, 5) is 28.4. The van der Waals surface area contributed by atoms with E-state index in [1.807, 2.05) is 24.3 Å². The molecule has 3 rings (SSSR count). The minimum Gasteiger partial charge on any atom is -0.383 e. The van der Waals surface area contributed by atoms with Crippen molar-refractivity contribution in [2.45, 2.75) is 0 Å². The van der Waals surface area contributed by atoms with Gasteiger partial charge in [0.05, 0.1) is 24.6 Å². The molecule has 0 radical (unpaired) electrons. The number of anilines is 1. The van der Waals surface area contributed by atoms with Crippen LogP contribution in [0.4, 0.5) is 5.69 Å². The number of hydrogen-bond acceptors (Lipinski definition) is 6. The second kappa shape index (κ2) is 7.97. The Balaban J connectivity index is 1.99. The van der Waals surface area contributed by atoms with Crippen LogP contribution in [-0.2, 0) is 4.74 Å². The maximum absolute atomic E-state index is 12.3. The lowest BCUT2D eigenvalue weighted by Gasteiger charge is -2.30. The van der Waals surface area contributed by atoms with Crippen molar-refractivity contribution in [3.63, 3.8) is 0 Å². The predicted octanol–water partition coefficient (Wildman–Crippen LogP) is 1.33. The van der Waals surface area contributed by atoms with Crippen LogP contribution in [0.5, 0.6) is 0 Å². The van der Waals surface area contributed by atoms with E-state index in [0.29, 0.717) is 13.2 Å². The first-order chi connectivity index (χ1) is 12.6. The Labute approximate surface area is 152 Å². The number of rotatable bonds is 5. The monoisotopic (exact) mass is 354 g/mol. The van der Waals surface area contributed by atoms with Gasteiger partial charge in [-0.2, -0.15) is 5.10 Å². The molecule has 2 aromatic rings. The van der Waals surface area contributed by atoms with Gasteiger partial charge in [0, 0.05) is 51.7 Å². The number of allylic oxidation sites excluding steroid dienone is 1. The lowest BCUT2D eigenvalue weighted by atomic mass is 10.2. The van der Waals surface area contributed by atoms with E-state index in [2.05, 4.69) is 10.00 Å². The molecule has 1 saturated heterocycles. The number of carbonyl (C=O) groups excluding carboxylic acids is 1. The summed E-state index contributed by atoms with van der Waals surface area (Å²) in [7, 11) is 3.61. The SMILES string of the molecule is CN(C)/C=C/C(=O)c1nn(-c2ccccc2N2CCOCC2)ccc1=O. The van der Waals surface area contributed by atoms with Crippen LogP contribution in [0.15, 0.2) is 53.6 Å². The van der Waals surface area contributed by atoms with Crippen molar-refractivity contribution < 1.29 is 9.53 Å². The summed E-state index contributed by atoms with van der Waals surface area (Å²) in [5, 5.41) is 4.30. The Morgan fingerprint density at radius 3 is 2.54 bits per heavy atom. The smallest absolute Gasteiger partial charge is 0.211 e. The Hall–Kier alpha value is -2.93. The Morgan fingerprint density at radius 1 is 1.15 bits per heavy atom. The largest absolute Gasteiger partial charge is 0.383 e. The topological polar surface area (TPSA) is 67.7 Å². The third-order valence-corrected chi connectivity index (χ3v) is 4.05. The second-order valence-corrected chi connectivity index (χ2v) is 6.20. The minimum atomic E-state index is -0.415. The van der Waals surface area contributed by atoms with Crippen LogP contribution in [-0.4, -0.2) is 60.9 Å². The number of hydrogen-bond donors (Lipinski definition) is 0. The minimum absolute atomic E-state index is 0.0950. The first-order valence-corrected chi connectivity index (χ1v) is 8.47. The highest BCUT2D eigenvalue weighted by atomic mass is 16.5. The fourth-order valence-electron chi connectivity index (χ4n) is 2.74. The molecule has 2 heterocycles. The van der Waals surface area contributed by atoms with Gasteiger partial charge in [-0.25, -0.2) is 4.68 Å². The third-order valence-electron chi connectivity index (χ3n) is 4.05. The van der Waals surface area contributed by atoms with Gasteiger partial charge < -0.3 is 14.5 Å². The molecule has 0 spiro atoms. The summed E-state index contributed by atoms with van der Waals surface area (Å²) < 4.78 is 7.00. The molecule has 7 nitrogen and oxygen atoms in total. The van der Waals surface area contributed by atoms with Gasteiger partial charge in [-0.1, -0.05) is 12.1 Å². The van der Waals surface area contributed by atoms with Crippen LogP contribution in [0, 0.1) is 0 Å². The van der Waals surface area contributed by atoms with Crippen molar-refractivity contribution in [1.29, 1.82) is 0 Å². The highest BCUT2D eigenvalue weighted by Crippen LogP contribution is 2.24. The van der Waals surface area contributed by atoms with Gasteiger partial charge in [0.2, 0.25) is 11.2 Å². The van der Waals surface area contributed by atoms with Crippen molar-refractivity contribution in [2.24, 2.45) is 0 Å². The molecular formula is C19H22N4O3. The standard InChI is InChI=1S/C19H22N4O3/c1-21(2)9-7-17(24)19-18(25)8-10-23(20-19)16-6-4-3-5-15(16)22-11-13-26-14-12-22/h3-10H,11-14H2,1-2H3/b9-7+. The van der Waals surface area contributed by atoms with Gasteiger partial charge in [-0.15, -0.1) is 0 Å². The van der Waals surface area contributed by atoms with Gasteiger partial charge in [-0.05, 0) is 12.1 Å². The van der Waals surface area contributed by atoms with Gasteiger partial charge in [0.15, 0.2) is 5.69 Å². The van der Waals surface area contributed by atoms with Crippen molar-refractivity contribution in [1.82, 2.24) is 14.7 Å². The zero-order chi connectivity index (χ0) is 18.5. The van der Waals surface area contributed by atoms with Gasteiger partial charge in [0.25, 0.3) is 0 Å². The molecule has 0 N–H and O–H groups in total. The fraction of sp³-hybridized carbons (Fsp3) is 0.316. The molecule has 136 valence electrons. The molecule has 0 saturated carbocycles. The van der Waals surface area contributed by atoms with Crippen LogP contribution in [0.2, 0.25) is 0 Å². The van der Waals surface area contributed by atoms with E-state index in [1.165, 1.54) is 12.1 Å². The molecule has 1 aliphatic rings. The summed E-state index contributed by atoms with van der Waals surface area (Å²) in [6.45, 7) is 2.92. The number of nitrogens with zero attached hydrogens (tertiary/aromatic N) is 4. The van der Waals surface area contributed by atoms with E-state index in [-0.39, 0.29) is 5.69 Å². The Bertz CT molecular complexity index is 867. The van der Waals surface area contributed by atoms with Crippen molar-refractivity contribution in [3.8, 4) is 5.69 Å². The highest BCUT2D eigenvalue weighted by molar-refractivity contribution is 6.02. The summed E-state index contributed by atoms with van der Waals surface area (Å²) in [5.41, 5.74) is 1.33. The average Bonchev–Trinajstić information content (AvgIpc) is 2.67. The number of benzene rings is 1. The molecule has 1 aromatic heterocycles. The summed E-state index contributed by atoms with van der Waals surface area (Å²) in [6, 6.07) is 9.18. The first-order valence-electron chi connectivity index (χ1n) is 8.47. The fourth-order valence-corrected chi connectivity index (χ4v) is 2.74. The summed E-state index contributed by atoms with van der Waals surface area (Å²) in [5.74, 6) is -0.415. The molecule has 0 amide bonds. The number of aromatic nitrogens is 2. The van der Waals surface area contributed by atoms with Crippen LogP contribution in [0.25, 0.3) is 5.69 Å². The molecule has 26 heavy (non-hydrogen) atoms. The van der Waals surface area contributed by atoms with Crippen molar-refractivity contribution in [3.05, 3.63) is 64.7 Å². The van der Waals surface area contributed by atoms with E-state index >= 15 is 0 Å². The maximum Gasteiger partial charge on any atom is 0.211 e. The molecule has 0 unspecified atom stereocenters. The summed E-state index contributed by atoms with van der Waals surface area (Å²) in [6.07, 6.45) is 4.54. The first kappa shape index (κ1) is 17.9. The van der Waals surface area contributed by atoms with Crippen LogP contribution in [0.1, 0.15) is 10.5 Å². The molecule has 1 fully saturated rings. The molecule has 0 aliphatic carbocycles. The average molecular weight is 354 g/mol. The van der Waals surface area contributed by atoms with E-state index in [4.69, 9.17) is 4.74 Å². The van der Waals surface area contributed by atoms with Gasteiger partial charge >= 0.3 is 0 Å². The van der Waals surface area contributed by atoms with Crippen molar-refractivity contribution in [2.75, 3.05) is 45.3 Å². The zero-order valence-corrected chi connectivity index (χ0v) is 15.0. The normalized spacial score (nSPS) is 14.6. The third kappa shape index (κ3) is 4.00. The van der Waals surface area contributed by atoms with E-state index in [0.717, 1.165) is 24.5 Å². The molecule has 0 atom stereocenters. The molecule has 1 aromatic carbocycles. The lowest BCUT2D eigenvalue weighted by Crippen LogP contribution is -2.37. The second-order valence-electron chi connectivity index (χ2n) is 6.20. The van der Waals surface area contributed by atoms with Gasteiger partial charge in [0.1, 0.15) is 0 Å². The maximum atomic E-state index is 12.3. The van der Waals surface area contributed by atoms with E-state index in [1.54, 1.807) is 36.1 Å². The molecule has 1 aliphatic heterocycles. The van der Waals surface area contributed by atoms with Crippen LogP contribution >= 0.6 is 0 Å². The molecule has 0 bridgehead atoms. The number of ether oxygens (including phenoxy) is 1. The number of ketones is 1. The van der Waals surface area contributed by atoms with Crippen LogP contribution < -0.4 is 10.3 Å². The van der Waals surface area contributed by atoms with E-state index < -0.39 is 11.2 Å². The van der Waals surface area contributed by atoms with E-state index in [9.17, 15) is 9.59 Å². The Kier molecular flexibility index (Phi) is 5.48. The predicted molar refractivity (Wildman–Crippen MR) is 100 cm³/mol. The lowest BCUT2D eigenvalue weighted by molar-refractivity contribution is 0.103. The number of carbonyl (C=O) groups is 1. The quantitative estimate of drug-likeness (QED) is 0.596. The molecular weight excluding hydrogens is 332 g/mol. The van der Waals surface area contributed by atoms with Gasteiger partial charge in [-0.3, -0.25) is 9.59 Å². The number of morpholine rings is 1. The number of para-hydroxylation sites is 2. The van der Waals surface area contributed by atoms with Crippen LogP contribution in [0.3, 0.4) is 0 Å². The highest BCUT2D eigenvalue weighted by Gasteiger charge is 2.17. The van der Waals surface area contributed by atoms with Crippen molar-refractivity contribution >= 4 is 11.5 Å². The molecule has 7 heteroatoms. The summed E-state index contributed by atoms with van der Waals surface area (Å²) >= 11 is 0. The zero-order valence-electron chi connectivity index (χ0n) is 15.0. The Morgan fingerprint density at radius 2 is 1.85 bits per heavy atom.